The molecule has 0 unspecified atom stereocenters. The van der Waals surface area contributed by atoms with Gasteiger partial charge in [-0.15, -0.1) is 0 Å². The topological polar surface area (TPSA) is 62.6 Å². The van der Waals surface area contributed by atoms with E-state index in [9.17, 15) is 4.79 Å². The van der Waals surface area contributed by atoms with E-state index in [0.29, 0.717) is 17.1 Å². The molecule has 1 rings (SSSR count). The largest absolute Gasteiger partial charge is 0.493 e. The van der Waals surface area contributed by atoms with Crippen LogP contribution in [0.1, 0.15) is 15.9 Å². The summed E-state index contributed by atoms with van der Waals surface area (Å²) in [6, 6.07) is 5.04. The molecule has 5 heteroatoms. The molecular formula is C14H16N2O3. The molecule has 0 heterocycles. The van der Waals surface area contributed by atoms with E-state index in [0.717, 1.165) is 0 Å². The van der Waals surface area contributed by atoms with Crippen LogP contribution in [0.2, 0.25) is 0 Å². The van der Waals surface area contributed by atoms with Crippen LogP contribution in [-0.4, -0.2) is 39.0 Å². The third-order valence-corrected chi connectivity index (χ3v) is 2.41. The van der Waals surface area contributed by atoms with Gasteiger partial charge in [-0.2, -0.15) is 5.26 Å². The minimum Gasteiger partial charge on any atom is -0.493 e. The lowest BCUT2D eigenvalue weighted by molar-refractivity contribution is 0.104. The van der Waals surface area contributed by atoms with E-state index < -0.39 is 0 Å². The summed E-state index contributed by atoms with van der Waals surface area (Å²) in [4.78, 5) is 13.7. The first-order valence-electron chi connectivity index (χ1n) is 5.58. The molecule has 1 aromatic rings. The van der Waals surface area contributed by atoms with Crippen LogP contribution in [0.4, 0.5) is 0 Å². The first kappa shape index (κ1) is 14.6. The highest BCUT2D eigenvalue weighted by molar-refractivity contribution is 6.05. The van der Waals surface area contributed by atoms with Crippen molar-refractivity contribution in [3.05, 3.63) is 35.5 Å². The average molecular weight is 260 g/mol. The number of nitrogens with zero attached hydrogens (tertiary/aromatic N) is 2. The normalized spacial score (nSPS) is 10.1. The lowest BCUT2D eigenvalue weighted by Gasteiger charge is -2.10. The van der Waals surface area contributed by atoms with Gasteiger partial charge in [-0.1, -0.05) is 0 Å². The Morgan fingerprint density at radius 1 is 1.32 bits per heavy atom. The van der Waals surface area contributed by atoms with Gasteiger partial charge in [-0.3, -0.25) is 4.79 Å². The summed E-state index contributed by atoms with van der Waals surface area (Å²) in [7, 11) is 6.55. The van der Waals surface area contributed by atoms with E-state index in [4.69, 9.17) is 14.7 Å². The van der Waals surface area contributed by atoms with Crippen molar-refractivity contribution in [2.45, 2.75) is 0 Å². The van der Waals surface area contributed by atoms with Crippen molar-refractivity contribution < 1.29 is 14.3 Å². The van der Waals surface area contributed by atoms with E-state index in [-0.39, 0.29) is 11.3 Å². The van der Waals surface area contributed by atoms with E-state index >= 15 is 0 Å². The zero-order valence-corrected chi connectivity index (χ0v) is 11.4. The average Bonchev–Trinajstić information content (AvgIpc) is 2.42. The number of benzene rings is 1. The van der Waals surface area contributed by atoms with E-state index in [2.05, 4.69) is 0 Å². The first-order chi connectivity index (χ1) is 9.03. The highest BCUT2D eigenvalue weighted by atomic mass is 16.5. The van der Waals surface area contributed by atoms with Gasteiger partial charge in [0.15, 0.2) is 17.3 Å². The molecule has 0 aromatic heterocycles. The second-order valence-electron chi connectivity index (χ2n) is 4.01. The van der Waals surface area contributed by atoms with Gasteiger partial charge >= 0.3 is 0 Å². The Balaban J connectivity index is 3.24. The Kier molecular flexibility index (Phi) is 4.95. The van der Waals surface area contributed by atoms with E-state index in [1.54, 1.807) is 17.2 Å². The monoisotopic (exact) mass is 260 g/mol. The quantitative estimate of drug-likeness (QED) is 0.597. The molecule has 0 fully saturated rings. The minimum atomic E-state index is -0.203. The van der Waals surface area contributed by atoms with E-state index in [1.807, 2.05) is 20.2 Å². The number of hydrogen-bond donors (Lipinski definition) is 0. The summed E-state index contributed by atoms with van der Waals surface area (Å²) in [5, 5.41) is 9.07. The van der Waals surface area contributed by atoms with E-state index in [1.165, 1.54) is 26.4 Å². The number of methoxy groups -OCH3 is 2. The summed E-state index contributed by atoms with van der Waals surface area (Å²) >= 11 is 0. The van der Waals surface area contributed by atoms with Crippen molar-refractivity contribution in [1.29, 1.82) is 5.26 Å². The molecule has 0 bridgehead atoms. The van der Waals surface area contributed by atoms with Crippen LogP contribution < -0.4 is 9.47 Å². The van der Waals surface area contributed by atoms with Crippen LogP contribution in [0.15, 0.2) is 24.4 Å². The van der Waals surface area contributed by atoms with Crippen LogP contribution in [0.5, 0.6) is 11.5 Å². The second kappa shape index (κ2) is 6.45. The van der Waals surface area contributed by atoms with Gasteiger partial charge in [0, 0.05) is 31.9 Å². The van der Waals surface area contributed by atoms with Crippen molar-refractivity contribution in [3.8, 4) is 17.6 Å². The lowest BCUT2D eigenvalue weighted by atomic mass is 10.1. The lowest BCUT2D eigenvalue weighted by Crippen LogP contribution is -2.04. The third kappa shape index (κ3) is 3.49. The van der Waals surface area contributed by atoms with Crippen molar-refractivity contribution in [2.75, 3.05) is 28.3 Å². The summed E-state index contributed by atoms with van der Waals surface area (Å²) in [5.41, 5.74) is 0.649. The van der Waals surface area contributed by atoms with Crippen molar-refractivity contribution >= 4 is 5.78 Å². The molecule has 0 spiro atoms. The molecule has 0 saturated carbocycles. The zero-order valence-electron chi connectivity index (χ0n) is 11.4. The summed E-state index contributed by atoms with van der Waals surface area (Å²) in [6.07, 6.45) is 3.08. The smallest absolute Gasteiger partial charge is 0.187 e. The Bertz CT molecular complexity index is 542. The number of hydrogen-bond acceptors (Lipinski definition) is 5. The highest BCUT2D eigenvalue weighted by Gasteiger charge is 2.14. The Morgan fingerprint density at radius 2 is 2.00 bits per heavy atom. The fraction of sp³-hybridized carbons (Fsp3) is 0.286. The van der Waals surface area contributed by atoms with Gasteiger partial charge in [0.05, 0.1) is 19.8 Å². The summed E-state index contributed by atoms with van der Waals surface area (Å²) < 4.78 is 10.2. The molecule has 0 aliphatic heterocycles. The Morgan fingerprint density at radius 3 is 2.47 bits per heavy atom. The molecule has 100 valence electrons. The van der Waals surface area contributed by atoms with Gasteiger partial charge in [0.2, 0.25) is 0 Å². The van der Waals surface area contributed by atoms with Gasteiger partial charge in [0.1, 0.15) is 6.07 Å². The minimum absolute atomic E-state index is 0.203. The van der Waals surface area contributed by atoms with Crippen molar-refractivity contribution in [1.82, 2.24) is 4.90 Å². The van der Waals surface area contributed by atoms with Gasteiger partial charge < -0.3 is 14.4 Å². The number of ether oxygens (including phenoxy) is 2. The maximum atomic E-state index is 12.0. The zero-order chi connectivity index (χ0) is 14.4. The predicted molar refractivity (Wildman–Crippen MR) is 71.4 cm³/mol. The molecule has 0 amide bonds. The maximum absolute atomic E-state index is 12.0. The number of rotatable bonds is 5. The summed E-state index contributed by atoms with van der Waals surface area (Å²) in [6.45, 7) is 0. The highest BCUT2D eigenvalue weighted by Crippen LogP contribution is 2.32. The molecule has 5 nitrogen and oxygen atoms in total. The number of carbonyl (C=O) groups is 1. The number of allylic oxidation sites excluding steroid dienone is 1. The molecule has 19 heavy (non-hydrogen) atoms. The van der Waals surface area contributed by atoms with Gasteiger partial charge in [0.25, 0.3) is 0 Å². The Labute approximate surface area is 112 Å². The van der Waals surface area contributed by atoms with Crippen LogP contribution in [0.3, 0.4) is 0 Å². The van der Waals surface area contributed by atoms with Gasteiger partial charge in [-0.05, 0) is 12.1 Å². The molecule has 0 aliphatic rings. The predicted octanol–water partition coefficient (Wildman–Crippen LogP) is 1.83. The Hall–Kier alpha value is -2.48. The maximum Gasteiger partial charge on any atom is 0.187 e. The molecule has 0 aliphatic carbocycles. The molecular weight excluding hydrogens is 244 g/mol. The van der Waals surface area contributed by atoms with Crippen LogP contribution in [0, 0.1) is 11.3 Å². The fourth-order valence-corrected chi connectivity index (χ4v) is 1.50. The molecule has 0 radical (unpaired) electrons. The van der Waals surface area contributed by atoms with Crippen molar-refractivity contribution in [3.63, 3.8) is 0 Å². The number of carbonyl (C=O) groups excluding carboxylic acids is 1. The standard InChI is InChI=1S/C14H16N2O3/c1-16(2)6-5-12(17)10-7-11(9-15)14(19-4)13(8-10)18-3/h5-8H,1-4H3/b6-5+. The van der Waals surface area contributed by atoms with Crippen LogP contribution >= 0.6 is 0 Å². The third-order valence-electron chi connectivity index (χ3n) is 2.41. The van der Waals surface area contributed by atoms with Crippen molar-refractivity contribution in [2.24, 2.45) is 0 Å². The SMILES string of the molecule is COc1cc(C(=O)/C=C/N(C)C)cc(C#N)c1OC. The number of nitriles is 1. The van der Waals surface area contributed by atoms with Gasteiger partial charge in [-0.25, -0.2) is 0 Å². The first-order valence-corrected chi connectivity index (χ1v) is 5.58. The summed E-state index contributed by atoms with van der Waals surface area (Å²) in [5.74, 6) is 0.493. The molecule has 0 atom stereocenters. The fourth-order valence-electron chi connectivity index (χ4n) is 1.50. The van der Waals surface area contributed by atoms with Crippen LogP contribution in [-0.2, 0) is 0 Å². The second-order valence-corrected chi connectivity index (χ2v) is 4.01. The van der Waals surface area contributed by atoms with Crippen LogP contribution in [0.25, 0.3) is 0 Å². The molecule has 1 aromatic carbocycles. The number of ketones is 1. The molecule has 0 saturated heterocycles. The molecule has 0 N–H and O–H groups in total.